The quantitative estimate of drug-likeness (QED) is 0.645. The first-order valence-corrected chi connectivity index (χ1v) is 10.1. The van der Waals surface area contributed by atoms with Crippen molar-refractivity contribution in [2.45, 2.75) is 52.4 Å². The van der Waals surface area contributed by atoms with Crippen molar-refractivity contribution < 1.29 is 4.42 Å². The summed E-state index contributed by atoms with van der Waals surface area (Å²) in [5, 5.41) is 4.30. The molecular formula is C22H26N4OS. The van der Waals surface area contributed by atoms with Crippen LogP contribution >= 0.6 is 12.2 Å². The van der Waals surface area contributed by atoms with E-state index < -0.39 is 0 Å². The van der Waals surface area contributed by atoms with Gasteiger partial charge in [0.2, 0.25) is 0 Å². The summed E-state index contributed by atoms with van der Waals surface area (Å²) in [5.74, 6) is 0.954. The number of rotatable bonds is 5. The minimum Gasteiger partial charge on any atom is -0.467 e. The maximum absolute atomic E-state index is 5.71. The molecule has 4 heterocycles. The first-order valence-electron chi connectivity index (χ1n) is 9.66. The maximum Gasteiger partial charge on any atom is 0.170 e. The van der Waals surface area contributed by atoms with E-state index in [9.17, 15) is 0 Å². The van der Waals surface area contributed by atoms with E-state index >= 15 is 0 Å². The van der Waals surface area contributed by atoms with Gasteiger partial charge in [0.1, 0.15) is 5.76 Å². The number of aryl methyl sites for hydroxylation is 1. The minimum absolute atomic E-state index is 0.0219. The highest BCUT2D eigenvalue weighted by Gasteiger charge is 2.42. The van der Waals surface area contributed by atoms with E-state index in [0.29, 0.717) is 0 Å². The second-order valence-corrected chi connectivity index (χ2v) is 8.01. The molecule has 0 spiro atoms. The van der Waals surface area contributed by atoms with Gasteiger partial charge in [-0.25, -0.2) is 0 Å². The van der Waals surface area contributed by atoms with Crippen LogP contribution in [-0.4, -0.2) is 25.6 Å². The molecule has 0 amide bonds. The van der Waals surface area contributed by atoms with Crippen LogP contribution in [-0.2, 0) is 6.54 Å². The standard InChI is InChI=1S/C22H26N4OS/c1-14(2)26-21(20(24-22(26)28)19-9-5-6-10-23-19)18-12-15(3)25(16(18)4)13-17-8-7-11-27-17/h5-12,14,20-21H,13H2,1-4H3,(H,24,28)/t20-,21-/m1/s1. The molecule has 1 N–H and O–H groups in total. The molecule has 5 nitrogen and oxygen atoms in total. The van der Waals surface area contributed by atoms with Crippen LogP contribution in [0.15, 0.2) is 53.3 Å². The van der Waals surface area contributed by atoms with Gasteiger partial charge in [-0.1, -0.05) is 6.07 Å². The van der Waals surface area contributed by atoms with E-state index in [-0.39, 0.29) is 18.1 Å². The molecular weight excluding hydrogens is 368 g/mol. The lowest BCUT2D eigenvalue weighted by atomic mass is 9.96. The summed E-state index contributed by atoms with van der Waals surface area (Å²) in [6.45, 7) is 9.43. The minimum atomic E-state index is 0.0219. The SMILES string of the molecule is Cc1cc([C@@H]2[C@@H](c3ccccn3)NC(=S)N2C(C)C)c(C)n1Cc1ccco1. The van der Waals surface area contributed by atoms with Crippen LogP contribution in [0, 0.1) is 13.8 Å². The summed E-state index contributed by atoms with van der Waals surface area (Å²) in [7, 11) is 0. The molecule has 1 saturated heterocycles. The fourth-order valence-corrected chi connectivity index (χ4v) is 4.63. The molecule has 2 atom stereocenters. The number of thiocarbonyl (C=S) groups is 1. The number of hydrogen-bond donors (Lipinski definition) is 1. The highest BCUT2D eigenvalue weighted by atomic mass is 32.1. The lowest BCUT2D eigenvalue weighted by Gasteiger charge is -2.31. The van der Waals surface area contributed by atoms with Crippen molar-refractivity contribution in [3.8, 4) is 0 Å². The number of hydrogen-bond acceptors (Lipinski definition) is 3. The van der Waals surface area contributed by atoms with Gasteiger partial charge >= 0.3 is 0 Å². The van der Waals surface area contributed by atoms with Crippen LogP contribution in [0.5, 0.6) is 0 Å². The van der Waals surface area contributed by atoms with E-state index in [1.807, 2.05) is 30.5 Å². The van der Waals surface area contributed by atoms with Crippen LogP contribution < -0.4 is 5.32 Å². The van der Waals surface area contributed by atoms with E-state index in [0.717, 1.165) is 23.1 Å². The van der Waals surface area contributed by atoms with Crippen molar-refractivity contribution in [1.29, 1.82) is 0 Å². The number of nitrogens with zero attached hydrogens (tertiary/aromatic N) is 3. The second-order valence-electron chi connectivity index (χ2n) is 7.62. The molecule has 1 fully saturated rings. The van der Waals surface area contributed by atoms with Crippen molar-refractivity contribution in [3.63, 3.8) is 0 Å². The average molecular weight is 395 g/mol. The van der Waals surface area contributed by atoms with Gasteiger partial charge in [-0.15, -0.1) is 0 Å². The van der Waals surface area contributed by atoms with Crippen LogP contribution in [0.3, 0.4) is 0 Å². The van der Waals surface area contributed by atoms with Gasteiger partial charge in [-0.2, -0.15) is 0 Å². The Morgan fingerprint density at radius 3 is 2.68 bits per heavy atom. The molecule has 0 aromatic carbocycles. The highest BCUT2D eigenvalue weighted by Crippen LogP contribution is 2.41. The van der Waals surface area contributed by atoms with Crippen LogP contribution in [0.2, 0.25) is 0 Å². The van der Waals surface area contributed by atoms with Crippen molar-refractivity contribution >= 4 is 17.3 Å². The van der Waals surface area contributed by atoms with Gasteiger partial charge < -0.3 is 19.2 Å². The van der Waals surface area contributed by atoms with Crippen molar-refractivity contribution in [2.75, 3.05) is 0 Å². The topological polar surface area (TPSA) is 46.2 Å². The molecule has 4 rings (SSSR count). The van der Waals surface area contributed by atoms with Gasteiger partial charge in [-0.05, 0) is 75.8 Å². The normalized spacial score (nSPS) is 19.5. The Hall–Kier alpha value is -2.60. The van der Waals surface area contributed by atoms with E-state index in [2.05, 4.69) is 59.6 Å². The number of nitrogens with one attached hydrogen (secondary N) is 1. The molecule has 6 heteroatoms. The summed E-state index contributed by atoms with van der Waals surface area (Å²) in [6.07, 6.45) is 3.57. The second kappa shape index (κ2) is 7.43. The first-order chi connectivity index (χ1) is 13.5. The predicted molar refractivity (Wildman–Crippen MR) is 114 cm³/mol. The number of pyridine rings is 1. The molecule has 0 unspecified atom stereocenters. The summed E-state index contributed by atoms with van der Waals surface area (Å²) in [6, 6.07) is 12.7. The van der Waals surface area contributed by atoms with Gasteiger partial charge in [0.15, 0.2) is 5.11 Å². The Labute approximate surface area is 171 Å². The first kappa shape index (κ1) is 18.7. The molecule has 0 bridgehead atoms. The fraction of sp³-hybridized carbons (Fsp3) is 0.364. The summed E-state index contributed by atoms with van der Waals surface area (Å²) in [5.41, 5.74) is 4.73. The Morgan fingerprint density at radius 1 is 1.21 bits per heavy atom. The van der Waals surface area contributed by atoms with Gasteiger partial charge in [0.05, 0.1) is 30.6 Å². The number of aromatic nitrogens is 2. The Kier molecular flexibility index (Phi) is 4.98. The van der Waals surface area contributed by atoms with Gasteiger partial charge in [0.25, 0.3) is 0 Å². The maximum atomic E-state index is 5.71. The molecule has 1 aliphatic heterocycles. The largest absolute Gasteiger partial charge is 0.467 e. The van der Waals surface area contributed by atoms with E-state index in [4.69, 9.17) is 16.6 Å². The summed E-state index contributed by atoms with van der Waals surface area (Å²) in [4.78, 5) is 6.91. The molecule has 28 heavy (non-hydrogen) atoms. The average Bonchev–Trinajstić information content (AvgIpc) is 3.37. The Bertz CT molecular complexity index is 962. The van der Waals surface area contributed by atoms with Crippen LogP contribution in [0.25, 0.3) is 0 Å². The molecule has 1 aliphatic rings. The molecule has 146 valence electrons. The van der Waals surface area contributed by atoms with E-state index in [1.165, 1.54) is 17.0 Å². The van der Waals surface area contributed by atoms with Crippen molar-refractivity contribution in [3.05, 3.63) is 77.3 Å². The monoisotopic (exact) mass is 394 g/mol. The van der Waals surface area contributed by atoms with Crippen LogP contribution in [0.1, 0.15) is 54.3 Å². The Morgan fingerprint density at radius 2 is 2.04 bits per heavy atom. The van der Waals surface area contributed by atoms with Crippen LogP contribution in [0.4, 0.5) is 0 Å². The molecule has 0 radical (unpaired) electrons. The Balaban J connectivity index is 1.78. The molecule has 0 aliphatic carbocycles. The van der Waals surface area contributed by atoms with Gasteiger partial charge in [-0.3, -0.25) is 4.98 Å². The summed E-state index contributed by atoms with van der Waals surface area (Å²) < 4.78 is 7.88. The lowest BCUT2D eigenvalue weighted by molar-refractivity contribution is 0.268. The van der Waals surface area contributed by atoms with Gasteiger partial charge in [0, 0.05) is 23.6 Å². The number of furan rings is 1. The van der Waals surface area contributed by atoms with E-state index in [1.54, 1.807) is 6.26 Å². The highest BCUT2D eigenvalue weighted by molar-refractivity contribution is 7.80. The van der Waals surface area contributed by atoms with Crippen molar-refractivity contribution in [2.24, 2.45) is 0 Å². The molecule has 3 aromatic rings. The lowest BCUT2D eigenvalue weighted by Crippen LogP contribution is -2.35. The third kappa shape index (κ3) is 3.22. The predicted octanol–water partition coefficient (Wildman–Crippen LogP) is 4.52. The molecule has 0 saturated carbocycles. The zero-order valence-corrected chi connectivity index (χ0v) is 17.5. The smallest absolute Gasteiger partial charge is 0.170 e. The van der Waals surface area contributed by atoms with Crippen molar-refractivity contribution in [1.82, 2.24) is 19.8 Å². The zero-order chi connectivity index (χ0) is 19.8. The fourth-order valence-electron chi connectivity index (χ4n) is 4.18. The third-order valence-corrected chi connectivity index (χ3v) is 5.85. The zero-order valence-electron chi connectivity index (χ0n) is 16.7. The summed E-state index contributed by atoms with van der Waals surface area (Å²) >= 11 is 5.71. The molecule has 3 aromatic heterocycles. The third-order valence-electron chi connectivity index (χ3n) is 5.52.